The van der Waals surface area contributed by atoms with Gasteiger partial charge in [0.25, 0.3) is 0 Å². The summed E-state index contributed by atoms with van der Waals surface area (Å²) >= 11 is 12.7. The van der Waals surface area contributed by atoms with Gasteiger partial charge in [-0.15, -0.1) is 5.10 Å². The first-order valence-electron chi connectivity index (χ1n) is 4.96. The monoisotopic (exact) mass is 322 g/mol. The van der Waals surface area contributed by atoms with Gasteiger partial charge in [0.2, 0.25) is 0 Å². The van der Waals surface area contributed by atoms with Crippen LogP contribution in [0.25, 0.3) is 11.3 Å². The zero-order valence-electron chi connectivity index (χ0n) is 9.22. The molecule has 0 saturated heterocycles. The number of hydrogen-bond donors (Lipinski definition) is 0. The second kappa shape index (κ2) is 5.13. The van der Waals surface area contributed by atoms with Gasteiger partial charge in [-0.2, -0.15) is 0 Å². The second-order valence-electron chi connectivity index (χ2n) is 3.44. The Morgan fingerprint density at radius 2 is 2.06 bits per heavy atom. The number of halogens is 2. The van der Waals surface area contributed by atoms with Gasteiger partial charge in [0, 0.05) is 22.1 Å². The normalized spacial score (nSPS) is 11.7. The number of nitrogens with zero attached hydrogens (tertiary/aromatic N) is 2. The maximum Gasteiger partial charge on any atom is 0.191 e. The summed E-state index contributed by atoms with van der Waals surface area (Å²) in [5.41, 5.74) is 0.797. The Hall–Kier alpha value is -0.690. The molecule has 4 nitrogen and oxygen atoms in total. The van der Waals surface area contributed by atoms with Gasteiger partial charge in [0.1, 0.15) is 5.69 Å². The molecule has 0 atom stereocenters. The fraction of sp³-hybridized carbons (Fsp3) is 0.200. The van der Waals surface area contributed by atoms with Gasteiger partial charge >= 0.3 is 0 Å². The quantitative estimate of drug-likeness (QED) is 0.869. The van der Waals surface area contributed by atoms with Crippen LogP contribution in [0.15, 0.2) is 22.4 Å². The Morgan fingerprint density at radius 1 is 1.33 bits per heavy atom. The van der Waals surface area contributed by atoms with Crippen molar-refractivity contribution in [2.45, 2.75) is 11.1 Å². The van der Waals surface area contributed by atoms with Gasteiger partial charge in [-0.1, -0.05) is 34.6 Å². The van der Waals surface area contributed by atoms with Crippen molar-refractivity contribution in [2.24, 2.45) is 0 Å². The highest BCUT2D eigenvalue weighted by Gasteiger charge is 2.23. The molecule has 1 heterocycles. The Kier molecular flexibility index (Phi) is 3.91. The van der Waals surface area contributed by atoms with Crippen LogP contribution in [0.5, 0.6) is 0 Å². The van der Waals surface area contributed by atoms with Crippen LogP contribution in [-0.2, 0) is 9.84 Å². The van der Waals surface area contributed by atoms with Crippen LogP contribution < -0.4 is 0 Å². The fourth-order valence-corrected chi connectivity index (χ4v) is 3.91. The first-order valence-corrected chi connectivity index (χ1v) is 8.14. The third-order valence-electron chi connectivity index (χ3n) is 2.31. The molecule has 2 aromatic rings. The lowest BCUT2D eigenvalue weighted by Gasteiger charge is -2.03. The third-order valence-corrected chi connectivity index (χ3v) is 5.88. The lowest BCUT2D eigenvalue weighted by atomic mass is 10.2. The van der Waals surface area contributed by atoms with Crippen molar-refractivity contribution < 1.29 is 8.42 Å². The highest BCUT2D eigenvalue weighted by atomic mass is 35.5. The van der Waals surface area contributed by atoms with E-state index in [4.69, 9.17) is 23.2 Å². The van der Waals surface area contributed by atoms with E-state index in [-0.39, 0.29) is 15.7 Å². The summed E-state index contributed by atoms with van der Waals surface area (Å²) in [6, 6.07) is 4.81. The van der Waals surface area contributed by atoms with Crippen molar-refractivity contribution >= 4 is 44.6 Å². The molecule has 1 aromatic heterocycles. The first-order chi connectivity index (χ1) is 8.45. The van der Waals surface area contributed by atoms with Crippen LogP contribution in [0, 0.1) is 0 Å². The maximum atomic E-state index is 11.9. The molecule has 0 unspecified atom stereocenters. The van der Waals surface area contributed by atoms with E-state index in [9.17, 15) is 8.42 Å². The Bertz CT molecular complexity index is 683. The molecular weight excluding hydrogens is 315 g/mol. The van der Waals surface area contributed by atoms with Gasteiger partial charge in [-0.05, 0) is 18.2 Å². The van der Waals surface area contributed by atoms with Crippen LogP contribution in [-0.4, -0.2) is 23.8 Å². The minimum absolute atomic E-state index is 0.00488. The van der Waals surface area contributed by atoms with Crippen molar-refractivity contribution in [3.63, 3.8) is 0 Å². The Balaban J connectivity index is 2.63. The van der Waals surface area contributed by atoms with Crippen molar-refractivity contribution in [3.05, 3.63) is 28.2 Å². The summed E-state index contributed by atoms with van der Waals surface area (Å²) in [5.74, 6) is -0.00488. The number of sulfone groups is 1. The van der Waals surface area contributed by atoms with E-state index in [1.165, 1.54) is 0 Å². The summed E-state index contributed by atoms with van der Waals surface area (Å²) < 4.78 is 27.6. The predicted molar refractivity (Wildman–Crippen MR) is 73.1 cm³/mol. The second-order valence-corrected chi connectivity index (χ2v) is 7.51. The van der Waals surface area contributed by atoms with E-state index < -0.39 is 9.84 Å². The molecule has 0 aliphatic carbocycles. The van der Waals surface area contributed by atoms with E-state index in [1.807, 2.05) is 0 Å². The molecular formula is C10H8Cl2N2O2S2. The van der Waals surface area contributed by atoms with Crippen LogP contribution >= 0.6 is 34.7 Å². The van der Waals surface area contributed by atoms with Gasteiger partial charge in [0.15, 0.2) is 14.0 Å². The maximum absolute atomic E-state index is 11.9. The molecule has 18 heavy (non-hydrogen) atoms. The van der Waals surface area contributed by atoms with E-state index in [1.54, 1.807) is 25.1 Å². The highest BCUT2D eigenvalue weighted by Crippen LogP contribution is 2.34. The van der Waals surface area contributed by atoms with E-state index in [2.05, 4.69) is 9.59 Å². The van der Waals surface area contributed by atoms with E-state index in [0.29, 0.717) is 15.6 Å². The number of benzene rings is 1. The van der Waals surface area contributed by atoms with Crippen molar-refractivity contribution in [3.8, 4) is 11.3 Å². The Labute approximate surface area is 119 Å². The van der Waals surface area contributed by atoms with Crippen molar-refractivity contribution in [1.82, 2.24) is 9.59 Å². The molecule has 0 spiro atoms. The van der Waals surface area contributed by atoms with E-state index >= 15 is 0 Å². The molecule has 8 heteroatoms. The molecule has 0 amide bonds. The van der Waals surface area contributed by atoms with Crippen LogP contribution in [0.2, 0.25) is 10.0 Å². The molecule has 0 fully saturated rings. The lowest BCUT2D eigenvalue weighted by Crippen LogP contribution is -2.03. The standard InChI is InChI=1S/C10H8Cl2N2O2S2/c1-2-18(15,16)10-9(13-14-17-10)7-4-3-6(11)5-8(7)12/h3-5H,2H2,1H3. The summed E-state index contributed by atoms with van der Waals surface area (Å²) in [4.78, 5) is 0. The Morgan fingerprint density at radius 3 is 2.67 bits per heavy atom. The number of aromatic nitrogens is 2. The molecule has 0 saturated carbocycles. The van der Waals surface area contributed by atoms with Gasteiger partial charge in [0.05, 0.1) is 10.8 Å². The van der Waals surface area contributed by atoms with Crippen LogP contribution in [0.1, 0.15) is 6.92 Å². The zero-order chi connectivity index (χ0) is 13.3. The largest absolute Gasteiger partial charge is 0.223 e. The average molecular weight is 323 g/mol. The topological polar surface area (TPSA) is 59.9 Å². The predicted octanol–water partition coefficient (Wildman–Crippen LogP) is 3.31. The zero-order valence-corrected chi connectivity index (χ0v) is 12.4. The summed E-state index contributed by atoms with van der Waals surface area (Å²) in [7, 11) is -3.36. The fourth-order valence-electron chi connectivity index (χ4n) is 1.36. The first kappa shape index (κ1) is 13.7. The van der Waals surface area contributed by atoms with Gasteiger partial charge in [-0.3, -0.25) is 0 Å². The molecule has 0 radical (unpaired) electrons. The van der Waals surface area contributed by atoms with Crippen LogP contribution in [0.4, 0.5) is 0 Å². The highest BCUT2D eigenvalue weighted by molar-refractivity contribution is 7.93. The van der Waals surface area contributed by atoms with Gasteiger partial charge in [-0.25, -0.2) is 8.42 Å². The molecule has 96 valence electrons. The molecule has 0 bridgehead atoms. The summed E-state index contributed by atoms with van der Waals surface area (Å²) in [5, 5.41) is 4.68. The summed E-state index contributed by atoms with van der Waals surface area (Å²) in [6.45, 7) is 1.57. The van der Waals surface area contributed by atoms with Crippen molar-refractivity contribution in [1.29, 1.82) is 0 Å². The number of hydrogen-bond acceptors (Lipinski definition) is 5. The van der Waals surface area contributed by atoms with E-state index in [0.717, 1.165) is 11.5 Å². The molecule has 0 aliphatic rings. The third kappa shape index (κ3) is 2.51. The summed E-state index contributed by atoms with van der Waals surface area (Å²) in [6.07, 6.45) is 0. The molecule has 0 N–H and O–H groups in total. The average Bonchev–Trinajstić information content (AvgIpc) is 2.78. The SMILES string of the molecule is CCS(=O)(=O)c1snnc1-c1ccc(Cl)cc1Cl. The lowest BCUT2D eigenvalue weighted by molar-refractivity contribution is 0.599. The molecule has 2 rings (SSSR count). The van der Waals surface area contributed by atoms with Crippen LogP contribution in [0.3, 0.4) is 0 Å². The molecule has 0 aliphatic heterocycles. The minimum Gasteiger partial charge on any atom is -0.223 e. The number of rotatable bonds is 3. The smallest absolute Gasteiger partial charge is 0.191 e. The van der Waals surface area contributed by atoms with Crippen molar-refractivity contribution in [2.75, 3.05) is 5.75 Å². The minimum atomic E-state index is -3.36. The molecule has 1 aromatic carbocycles. The van der Waals surface area contributed by atoms with Gasteiger partial charge < -0.3 is 0 Å².